The Morgan fingerprint density at radius 1 is 1.67 bits per heavy atom. The van der Waals surface area contributed by atoms with E-state index in [1.807, 2.05) is 0 Å². The Morgan fingerprint density at radius 2 is 2.33 bits per heavy atom. The first-order chi connectivity index (χ1) is 8.47. The lowest BCUT2D eigenvalue weighted by Gasteiger charge is -2.21. The minimum atomic E-state index is -0.720. The fourth-order valence-corrected chi connectivity index (χ4v) is 1.69. The molecule has 0 fully saturated rings. The van der Waals surface area contributed by atoms with Gasteiger partial charge in [-0.2, -0.15) is 0 Å². The van der Waals surface area contributed by atoms with Gasteiger partial charge in [0.05, 0.1) is 17.6 Å². The van der Waals surface area contributed by atoms with Crippen LogP contribution in [-0.2, 0) is 4.74 Å². The molecular formula is C11H17N3O4. The fourth-order valence-electron chi connectivity index (χ4n) is 1.69. The molecule has 1 unspecified atom stereocenters. The van der Waals surface area contributed by atoms with Crippen molar-refractivity contribution in [1.82, 2.24) is 4.98 Å². The van der Waals surface area contributed by atoms with Gasteiger partial charge in [0.15, 0.2) is 0 Å². The van der Waals surface area contributed by atoms with E-state index < -0.39 is 11.0 Å². The van der Waals surface area contributed by atoms with Gasteiger partial charge in [-0.25, -0.2) is 4.98 Å². The number of hydrogen-bond donors (Lipinski definition) is 1. The summed E-state index contributed by atoms with van der Waals surface area (Å²) in [5.74, 6) is 0.246. The summed E-state index contributed by atoms with van der Waals surface area (Å²) in [6.45, 7) is 2.04. The third kappa shape index (κ3) is 3.38. The van der Waals surface area contributed by atoms with Crippen LogP contribution in [0.15, 0.2) is 12.3 Å². The molecule has 0 bridgehead atoms. The summed E-state index contributed by atoms with van der Waals surface area (Å²) in [4.78, 5) is 16.1. The van der Waals surface area contributed by atoms with Crippen LogP contribution in [0.5, 0.6) is 0 Å². The first-order valence-electron chi connectivity index (χ1n) is 5.45. The number of nitro groups is 1. The predicted octanol–water partition coefficient (Wildman–Crippen LogP) is 0.742. The molecule has 0 radical (unpaired) electrons. The van der Waals surface area contributed by atoms with Gasteiger partial charge in [0.1, 0.15) is 0 Å². The number of methoxy groups -OCH3 is 1. The maximum absolute atomic E-state index is 11.0. The molecule has 1 aromatic heterocycles. The normalized spacial score (nSPS) is 12.2. The number of aromatic nitrogens is 1. The number of aliphatic hydroxyl groups is 1. The van der Waals surface area contributed by atoms with Crippen LogP contribution in [-0.4, -0.2) is 48.4 Å². The van der Waals surface area contributed by atoms with Crippen molar-refractivity contribution < 1.29 is 14.8 Å². The van der Waals surface area contributed by atoms with Crippen LogP contribution >= 0.6 is 0 Å². The van der Waals surface area contributed by atoms with Gasteiger partial charge in [-0.05, 0) is 13.0 Å². The molecule has 7 heteroatoms. The van der Waals surface area contributed by atoms with Gasteiger partial charge in [-0.3, -0.25) is 10.1 Å². The van der Waals surface area contributed by atoms with Gasteiger partial charge in [0, 0.05) is 32.5 Å². The Kier molecular flexibility index (Phi) is 4.99. The van der Waals surface area contributed by atoms with Crippen molar-refractivity contribution in [3.05, 3.63) is 27.9 Å². The number of aryl methyl sites for hydroxylation is 1. The molecule has 1 N–H and O–H groups in total. The summed E-state index contributed by atoms with van der Waals surface area (Å²) in [6, 6.07) is 1.58. The molecule has 0 saturated carbocycles. The first kappa shape index (κ1) is 14.3. The van der Waals surface area contributed by atoms with Crippen LogP contribution in [0.2, 0.25) is 0 Å². The van der Waals surface area contributed by atoms with Crippen molar-refractivity contribution in [2.75, 3.05) is 32.2 Å². The van der Waals surface area contributed by atoms with E-state index in [-0.39, 0.29) is 24.7 Å². The Bertz CT molecular complexity index is 425. The van der Waals surface area contributed by atoms with E-state index >= 15 is 0 Å². The van der Waals surface area contributed by atoms with Gasteiger partial charge in [0.25, 0.3) is 0 Å². The van der Waals surface area contributed by atoms with Crippen LogP contribution in [0.3, 0.4) is 0 Å². The Balaban J connectivity index is 2.95. The SMILES string of the molecule is COCC(O)CN(C)c1nccc(C)c1[N+](=O)[O-]. The van der Waals surface area contributed by atoms with Crippen molar-refractivity contribution in [2.24, 2.45) is 0 Å². The molecule has 100 valence electrons. The van der Waals surface area contributed by atoms with E-state index in [1.165, 1.54) is 13.3 Å². The topological polar surface area (TPSA) is 88.7 Å². The molecule has 0 saturated heterocycles. The molecular weight excluding hydrogens is 238 g/mol. The Morgan fingerprint density at radius 3 is 2.89 bits per heavy atom. The summed E-state index contributed by atoms with van der Waals surface area (Å²) < 4.78 is 4.81. The molecule has 0 aliphatic carbocycles. The van der Waals surface area contributed by atoms with E-state index in [9.17, 15) is 15.2 Å². The lowest BCUT2D eigenvalue weighted by Crippen LogP contribution is -2.32. The van der Waals surface area contributed by atoms with Crippen LogP contribution in [0, 0.1) is 17.0 Å². The highest BCUT2D eigenvalue weighted by molar-refractivity contribution is 5.61. The molecule has 7 nitrogen and oxygen atoms in total. The predicted molar refractivity (Wildman–Crippen MR) is 66.8 cm³/mol. The summed E-state index contributed by atoms with van der Waals surface area (Å²) in [5.41, 5.74) is 0.502. The molecule has 1 atom stereocenters. The van der Waals surface area contributed by atoms with Crippen molar-refractivity contribution in [2.45, 2.75) is 13.0 Å². The highest BCUT2D eigenvalue weighted by Gasteiger charge is 2.22. The lowest BCUT2D eigenvalue weighted by molar-refractivity contribution is -0.384. The molecule has 0 spiro atoms. The lowest BCUT2D eigenvalue weighted by atomic mass is 10.2. The van der Waals surface area contributed by atoms with E-state index in [1.54, 1.807) is 24.9 Å². The number of anilines is 1. The average molecular weight is 255 g/mol. The molecule has 0 aliphatic rings. The maximum atomic E-state index is 11.0. The summed E-state index contributed by atoms with van der Waals surface area (Å²) >= 11 is 0. The largest absolute Gasteiger partial charge is 0.389 e. The van der Waals surface area contributed by atoms with E-state index in [4.69, 9.17) is 4.74 Å². The number of nitrogens with zero attached hydrogens (tertiary/aromatic N) is 3. The average Bonchev–Trinajstić information content (AvgIpc) is 2.28. The second-order valence-corrected chi connectivity index (χ2v) is 4.05. The van der Waals surface area contributed by atoms with Gasteiger partial charge in [-0.1, -0.05) is 0 Å². The maximum Gasteiger partial charge on any atom is 0.314 e. The van der Waals surface area contributed by atoms with Crippen molar-refractivity contribution in [1.29, 1.82) is 0 Å². The van der Waals surface area contributed by atoms with E-state index in [2.05, 4.69) is 4.98 Å². The zero-order valence-electron chi connectivity index (χ0n) is 10.7. The second kappa shape index (κ2) is 6.27. The monoisotopic (exact) mass is 255 g/mol. The second-order valence-electron chi connectivity index (χ2n) is 4.05. The van der Waals surface area contributed by atoms with Crippen molar-refractivity contribution in [3.63, 3.8) is 0 Å². The highest BCUT2D eigenvalue weighted by atomic mass is 16.6. The number of hydrogen-bond acceptors (Lipinski definition) is 6. The minimum absolute atomic E-state index is 0.0374. The Labute approximate surface area is 105 Å². The molecule has 0 aliphatic heterocycles. The fraction of sp³-hybridized carbons (Fsp3) is 0.545. The summed E-state index contributed by atoms with van der Waals surface area (Å²) in [7, 11) is 3.13. The molecule has 0 aromatic carbocycles. The third-order valence-electron chi connectivity index (χ3n) is 2.49. The summed E-state index contributed by atoms with van der Waals surface area (Å²) in [6.07, 6.45) is 0.790. The number of pyridine rings is 1. The molecule has 18 heavy (non-hydrogen) atoms. The summed E-state index contributed by atoms with van der Waals surface area (Å²) in [5, 5.41) is 20.6. The van der Waals surface area contributed by atoms with Crippen molar-refractivity contribution in [3.8, 4) is 0 Å². The van der Waals surface area contributed by atoms with Gasteiger partial charge < -0.3 is 14.7 Å². The van der Waals surface area contributed by atoms with E-state index in [0.717, 1.165) is 0 Å². The van der Waals surface area contributed by atoms with Crippen molar-refractivity contribution >= 4 is 11.5 Å². The standard InChI is InChI=1S/C11H17N3O4/c1-8-4-5-12-11(10(8)14(16)17)13(2)6-9(15)7-18-3/h4-5,9,15H,6-7H2,1-3H3. The molecule has 1 rings (SSSR count). The first-order valence-corrected chi connectivity index (χ1v) is 5.45. The highest BCUT2D eigenvalue weighted by Crippen LogP contribution is 2.27. The minimum Gasteiger partial charge on any atom is -0.389 e. The third-order valence-corrected chi connectivity index (χ3v) is 2.49. The number of aliphatic hydroxyl groups excluding tert-OH is 1. The zero-order chi connectivity index (χ0) is 13.7. The van der Waals surface area contributed by atoms with Gasteiger partial charge in [0.2, 0.25) is 5.82 Å². The van der Waals surface area contributed by atoms with Gasteiger partial charge in [-0.15, -0.1) is 0 Å². The number of ether oxygens (including phenoxy) is 1. The smallest absolute Gasteiger partial charge is 0.314 e. The van der Waals surface area contributed by atoms with E-state index in [0.29, 0.717) is 5.56 Å². The van der Waals surface area contributed by atoms with Gasteiger partial charge >= 0.3 is 5.69 Å². The number of rotatable bonds is 6. The van der Waals surface area contributed by atoms with Crippen LogP contribution in [0.25, 0.3) is 0 Å². The zero-order valence-corrected chi connectivity index (χ0v) is 10.7. The molecule has 1 heterocycles. The van der Waals surface area contributed by atoms with Crippen LogP contribution < -0.4 is 4.90 Å². The number of likely N-dealkylation sites (N-methyl/N-ethyl adjacent to an activating group) is 1. The van der Waals surface area contributed by atoms with Crippen LogP contribution in [0.1, 0.15) is 5.56 Å². The molecule has 0 amide bonds. The molecule has 1 aromatic rings. The Hall–Kier alpha value is -1.73. The quantitative estimate of drug-likeness (QED) is 0.595. The van der Waals surface area contributed by atoms with Crippen LogP contribution in [0.4, 0.5) is 11.5 Å².